The number of carboxylic acids is 1. The van der Waals surface area contributed by atoms with Crippen LogP contribution in [0.5, 0.6) is 0 Å². The number of fused-ring (bicyclic) bond motifs is 1. The normalized spacial score (nSPS) is 18.3. The van der Waals surface area contributed by atoms with E-state index in [1.165, 1.54) is 0 Å². The highest BCUT2D eigenvalue weighted by Crippen LogP contribution is 2.27. The fourth-order valence-electron chi connectivity index (χ4n) is 2.97. The molecular formula is C16H18N2O3. The predicted molar refractivity (Wildman–Crippen MR) is 80.7 cm³/mol. The standard InChI is InChI=1S/C16H18N2O3/c19-9-7-11-6-8-18(10-11)15-5-4-12-13(16(20)21)2-1-3-14(12)17-15/h1-5,11,19H,6-10H2,(H,20,21)/t11-/m1/s1. The number of rotatable bonds is 4. The number of pyridine rings is 1. The molecule has 0 saturated carbocycles. The van der Waals surface area contributed by atoms with Crippen molar-refractivity contribution in [1.82, 2.24) is 4.98 Å². The Bertz CT molecular complexity index is 672. The van der Waals surface area contributed by atoms with Crippen LogP contribution < -0.4 is 4.90 Å². The Labute approximate surface area is 122 Å². The van der Waals surface area contributed by atoms with Gasteiger partial charge in [-0.1, -0.05) is 6.07 Å². The molecule has 110 valence electrons. The monoisotopic (exact) mass is 286 g/mol. The van der Waals surface area contributed by atoms with E-state index in [2.05, 4.69) is 9.88 Å². The van der Waals surface area contributed by atoms with Gasteiger partial charge in [0.05, 0.1) is 11.1 Å². The van der Waals surface area contributed by atoms with Crippen LogP contribution >= 0.6 is 0 Å². The number of aliphatic hydroxyl groups is 1. The molecule has 2 N–H and O–H groups in total. The maximum absolute atomic E-state index is 11.2. The van der Waals surface area contributed by atoms with Crippen molar-refractivity contribution in [3.63, 3.8) is 0 Å². The van der Waals surface area contributed by atoms with Crippen LogP contribution in [0, 0.1) is 5.92 Å². The molecule has 3 rings (SSSR count). The molecule has 21 heavy (non-hydrogen) atoms. The van der Waals surface area contributed by atoms with Crippen molar-refractivity contribution in [3.8, 4) is 0 Å². The molecule has 0 unspecified atom stereocenters. The molecule has 0 spiro atoms. The van der Waals surface area contributed by atoms with E-state index >= 15 is 0 Å². The summed E-state index contributed by atoms with van der Waals surface area (Å²) in [5, 5.41) is 18.9. The number of carbonyl (C=O) groups is 1. The Morgan fingerprint density at radius 2 is 2.19 bits per heavy atom. The topological polar surface area (TPSA) is 73.7 Å². The van der Waals surface area contributed by atoms with Crippen LogP contribution in [0.4, 0.5) is 5.82 Å². The minimum absolute atomic E-state index is 0.228. The maximum Gasteiger partial charge on any atom is 0.336 e. The minimum atomic E-state index is -0.931. The SMILES string of the molecule is O=C(O)c1cccc2nc(N3CC[C@H](CCO)C3)ccc12. The molecule has 1 aliphatic heterocycles. The molecule has 1 aliphatic rings. The fourth-order valence-corrected chi connectivity index (χ4v) is 2.97. The number of aromatic nitrogens is 1. The average molecular weight is 286 g/mol. The van der Waals surface area contributed by atoms with Gasteiger partial charge in [0.1, 0.15) is 5.82 Å². The molecule has 5 heteroatoms. The minimum Gasteiger partial charge on any atom is -0.478 e. The smallest absolute Gasteiger partial charge is 0.336 e. The third-order valence-corrected chi connectivity index (χ3v) is 4.09. The second-order valence-electron chi connectivity index (χ2n) is 5.46. The lowest BCUT2D eigenvalue weighted by molar-refractivity contribution is 0.0699. The van der Waals surface area contributed by atoms with Crippen molar-refractivity contribution in [1.29, 1.82) is 0 Å². The fraction of sp³-hybridized carbons (Fsp3) is 0.375. The van der Waals surface area contributed by atoms with Crippen LogP contribution in [0.2, 0.25) is 0 Å². The Kier molecular flexibility index (Phi) is 3.75. The first-order valence-electron chi connectivity index (χ1n) is 7.18. The summed E-state index contributed by atoms with van der Waals surface area (Å²) >= 11 is 0. The lowest BCUT2D eigenvalue weighted by atomic mass is 10.1. The number of benzene rings is 1. The molecule has 2 aromatic rings. The molecular weight excluding hydrogens is 268 g/mol. The first-order chi connectivity index (χ1) is 10.2. The summed E-state index contributed by atoms with van der Waals surface area (Å²) in [6, 6.07) is 8.88. The third-order valence-electron chi connectivity index (χ3n) is 4.09. The number of carboxylic acid groups (broad SMARTS) is 1. The number of hydrogen-bond acceptors (Lipinski definition) is 4. The summed E-state index contributed by atoms with van der Waals surface area (Å²) in [5.41, 5.74) is 0.990. The second-order valence-corrected chi connectivity index (χ2v) is 5.46. The molecule has 1 aromatic carbocycles. The lowest BCUT2D eigenvalue weighted by Gasteiger charge is -2.18. The first kappa shape index (κ1) is 13.8. The second kappa shape index (κ2) is 5.69. The van der Waals surface area contributed by atoms with E-state index in [0.717, 1.165) is 31.7 Å². The zero-order valence-electron chi connectivity index (χ0n) is 11.7. The van der Waals surface area contributed by atoms with Crippen molar-refractivity contribution in [2.45, 2.75) is 12.8 Å². The maximum atomic E-state index is 11.2. The van der Waals surface area contributed by atoms with Crippen LogP contribution in [-0.4, -0.2) is 40.9 Å². The number of aliphatic hydroxyl groups excluding tert-OH is 1. The number of aromatic carboxylic acids is 1. The van der Waals surface area contributed by atoms with Crippen LogP contribution in [0.25, 0.3) is 10.9 Å². The molecule has 0 aliphatic carbocycles. The number of nitrogens with zero attached hydrogens (tertiary/aromatic N) is 2. The molecule has 1 atom stereocenters. The Morgan fingerprint density at radius 3 is 2.95 bits per heavy atom. The van der Waals surface area contributed by atoms with E-state index < -0.39 is 5.97 Å². The van der Waals surface area contributed by atoms with Crippen molar-refractivity contribution in [2.24, 2.45) is 5.92 Å². The van der Waals surface area contributed by atoms with Crippen molar-refractivity contribution < 1.29 is 15.0 Å². The van der Waals surface area contributed by atoms with Crippen LogP contribution in [0.3, 0.4) is 0 Å². The van der Waals surface area contributed by atoms with E-state index in [-0.39, 0.29) is 12.2 Å². The van der Waals surface area contributed by atoms with Gasteiger partial charge in [0.15, 0.2) is 0 Å². The van der Waals surface area contributed by atoms with Crippen LogP contribution in [-0.2, 0) is 0 Å². The van der Waals surface area contributed by atoms with E-state index in [0.29, 0.717) is 16.8 Å². The molecule has 1 saturated heterocycles. The van der Waals surface area contributed by atoms with Gasteiger partial charge in [-0.25, -0.2) is 9.78 Å². The van der Waals surface area contributed by atoms with Crippen LogP contribution in [0.15, 0.2) is 30.3 Å². The highest BCUT2D eigenvalue weighted by atomic mass is 16.4. The first-order valence-corrected chi connectivity index (χ1v) is 7.18. The predicted octanol–water partition coefficient (Wildman–Crippen LogP) is 2.14. The zero-order valence-corrected chi connectivity index (χ0v) is 11.7. The van der Waals surface area contributed by atoms with E-state index in [9.17, 15) is 9.90 Å². The van der Waals surface area contributed by atoms with Gasteiger partial charge in [-0.2, -0.15) is 0 Å². The van der Waals surface area contributed by atoms with Gasteiger partial charge in [0, 0.05) is 25.1 Å². The Morgan fingerprint density at radius 1 is 1.33 bits per heavy atom. The van der Waals surface area contributed by atoms with Gasteiger partial charge in [-0.15, -0.1) is 0 Å². The van der Waals surface area contributed by atoms with Gasteiger partial charge in [0.25, 0.3) is 0 Å². The van der Waals surface area contributed by atoms with Crippen molar-refractivity contribution >= 4 is 22.7 Å². The third kappa shape index (κ3) is 2.69. The van der Waals surface area contributed by atoms with Crippen molar-refractivity contribution in [3.05, 3.63) is 35.9 Å². The highest BCUT2D eigenvalue weighted by molar-refractivity contribution is 6.02. The molecule has 1 aromatic heterocycles. The summed E-state index contributed by atoms with van der Waals surface area (Å²) in [7, 11) is 0. The molecule has 1 fully saturated rings. The zero-order chi connectivity index (χ0) is 14.8. The molecule has 0 bridgehead atoms. The highest BCUT2D eigenvalue weighted by Gasteiger charge is 2.23. The quantitative estimate of drug-likeness (QED) is 0.901. The van der Waals surface area contributed by atoms with E-state index in [4.69, 9.17) is 5.11 Å². The summed E-state index contributed by atoms with van der Waals surface area (Å²) in [5.74, 6) is 0.461. The average Bonchev–Trinajstić information content (AvgIpc) is 2.95. The van der Waals surface area contributed by atoms with E-state index in [1.807, 2.05) is 18.2 Å². The van der Waals surface area contributed by atoms with Gasteiger partial charge >= 0.3 is 5.97 Å². The van der Waals surface area contributed by atoms with Crippen LogP contribution in [0.1, 0.15) is 23.2 Å². The Balaban J connectivity index is 1.90. The lowest BCUT2D eigenvalue weighted by Crippen LogP contribution is -2.21. The summed E-state index contributed by atoms with van der Waals surface area (Å²) in [6.07, 6.45) is 1.89. The van der Waals surface area contributed by atoms with Gasteiger partial charge in [-0.05, 0) is 43.0 Å². The number of anilines is 1. The molecule has 0 amide bonds. The molecule has 5 nitrogen and oxygen atoms in total. The summed E-state index contributed by atoms with van der Waals surface area (Å²) < 4.78 is 0. The van der Waals surface area contributed by atoms with Gasteiger partial charge in [0.2, 0.25) is 0 Å². The van der Waals surface area contributed by atoms with E-state index in [1.54, 1.807) is 12.1 Å². The summed E-state index contributed by atoms with van der Waals surface area (Å²) in [6.45, 7) is 2.06. The van der Waals surface area contributed by atoms with Gasteiger partial charge < -0.3 is 15.1 Å². The summed E-state index contributed by atoms with van der Waals surface area (Å²) in [4.78, 5) is 18.0. The van der Waals surface area contributed by atoms with Crippen molar-refractivity contribution in [2.75, 3.05) is 24.6 Å². The number of hydrogen-bond donors (Lipinski definition) is 2. The Hall–Kier alpha value is -2.14. The van der Waals surface area contributed by atoms with Gasteiger partial charge in [-0.3, -0.25) is 0 Å². The molecule has 2 heterocycles. The largest absolute Gasteiger partial charge is 0.478 e. The molecule has 0 radical (unpaired) electrons.